The van der Waals surface area contributed by atoms with Crippen LogP contribution in [-0.2, 0) is 28.5 Å². The number of ketones is 1. The Bertz CT molecular complexity index is 1180. The minimum Gasteiger partial charge on any atom is -0.462 e. The third-order valence-electron chi connectivity index (χ3n) is 11.0. The highest BCUT2D eigenvalue weighted by Crippen LogP contribution is 2.35. The molecule has 0 radical (unpaired) electrons. The van der Waals surface area contributed by atoms with Crippen LogP contribution in [0.2, 0.25) is 0 Å². The molecule has 3 rings (SSSR count). The predicted octanol–water partition coefficient (Wildman–Crippen LogP) is 5.94. The summed E-state index contributed by atoms with van der Waals surface area (Å²) in [6.07, 6.45) is 6.93. The molecule has 0 aromatic heterocycles. The minimum atomic E-state index is -1.71. The SMILES string of the molecule is CCC(=O)[C@@H](C)[C@@H](O)[C@H](C)C[C@@H](C)[C@H]1OC(=O)C[C@@]2(O)CC=C(C)[C@H](O2)/C(C)=C/CCC[C@@H](O[C@H]2C[C@@H](O)[C@H](O)[C@@H](C)O2)/C=C/[C@H](C)C[C@H]1C. The lowest BCUT2D eigenvalue weighted by atomic mass is 9.79. The van der Waals surface area contributed by atoms with Crippen LogP contribution in [0.25, 0.3) is 0 Å². The molecule has 0 unspecified atom stereocenters. The number of allylic oxidation sites excluding steroid dienone is 2. The Labute approximate surface area is 300 Å². The third-order valence-corrected chi connectivity index (χ3v) is 11.0. The number of ether oxygens (including phenoxy) is 4. The summed E-state index contributed by atoms with van der Waals surface area (Å²) in [4.78, 5) is 25.9. The van der Waals surface area contributed by atoms with E-state index in [1.807, 2.05) is 33.8 Å². The first-order valence-electron chi connectivity index (χ1n) is 18.9. The van der Waals surface area contributed by atoms with Gasteiger partial charge in [0.15, 0.2) is 12.1 Å². The van der Waals surface area contributed by atoms with Crippen molar-refractivity contribution in [1.82, 2.24) is 0 Å². The Morgan fingerprint density at radius 3 is 2.40 bits per heavy atom. The van der Waals surface area contributed by atoms with E-state index in [4.69, 9.17) is 18.9 Å². The maximum absolute atomic E-state index is 13.6. The van der Waals surface area contributed by atoms with Crippen LogP contribution >= 0.6 is 0 Å². The smallest absolute Gasteiger partial charge is 0.311 e. The first kappa shape index (κ1) is 42.5. The first-order valence-corrected chi connectivity index (χ1v) is 18.9. The van der Waals surface area contributed by atoms with Gasteiger partial charge in [-0.15, -0.1) is 0 Å². The molecule has 0 aromatic carbocycles. The van der Waals surface area contributed by atoms with Gasteiger partial charge in [-0.3, -0.25) is 9.59 Å². The average molecular weight is 707 g/mol. The molecule has 0 saturated carbocycles. The Hall–Kier alpha value is -1.92. The van der Waals surface area contributed by atoms with Gasteiger partial charge in [0.05, 0.1) is 30.8 Å². The lowest BCUT2D eigenvalue weighted by Gasteiger charge is -2.38. The number of aliphatic hydroxyl groups excluding tert-OH is 3. The number of carbonyl (C=O) groups excluding carboxylic acids is 2. The number of aliphatic hydroxyl groups is 4. The van der Waals surface area contributed by atoms with Crippen LogP contribution < -0.4 is 0 Å². The lowest BCUT2D eigenvalue weighted by molar-refractivity contribution is -0.254. The fraction of sp³-hybridized carbons (Fsp3) is 0.800. The molecule has 14 atom stereocenters. The number of cyclic esters (lactones) is 1. The van der Waals surface area contributed by atoms with Crippen LogP contribution in [0.4, 0.5) is 0 Å². The van der Waals surface area contributed by atoms with Gasteiger partial charge in [0.1, 0.15) is 24.1 Å². The van der Waals surface area contributed by atoms with Crippen molar-refractivity contribution in [1.29, 1.82) is 0 Å². The number of hydrogen-bond donors (Lipinski definition) is 4. The second kappa shape index (κ2) is 19.2. The van der Waals surface area contributed by atoms with Gasteiger partial charge in [0.2, 0.25) is 0 Å². The van der Waals surface area contributed by atoms with E-state index in [0.29, 0.717) is 25.7 Å². The second-order valence-electron chi connectivity index (χ2n) is 15.7. The molecule has 286 valence electrons. The molecule has 3 aliphatic rings. The molecular weight excluding hydrogens is 640 g/mol. The van der Waals surface area contributed by atoms with E-state index in [1.165, 1.54) is 0 Å². The zero-order valence-corrected chi connectivity index (χ0v) is 31.9. The molecule has 1 fully saturated rings. The summed E-state index contributed by atoms with van der Waals surface area (Å²) in [5.41, 5.74) is 1.91. The summed E-state index contributed by atoms with van der Waals surface area (Å²) in [5.74, 6) is -3.05. The summed E-state index contributed by atoms with van der Waals surface area (Å²) >= 11 is 0. The number of Topliss-reactive ketones (excluding diaryl/α,β-unsaturated/α-hetero) is 1. The summed E-state index contributed by atoms with van der Waals surface area (Å²) in [7, 11) is 0. The highest BCUT2D eigenvalue weighted by atomic mass is 16.7. The van der Waals surface area contributed by atoms with Crippen LogP contribution in [0.3, 0.4) is 0 Å². The zero-order valence-electron chi connectivity index (χ0n) is 31.9. The van der Waals surface area contributed by atoms with Gasteiger partial charge in [-0.1, -0.05) is 65.8 Å². The van der Waals surface area contributed by atoms with Crippen LogP contribution in [0, 0.1) is 29.6 Å². The van der Waals surface area contributed by atoms with Crippen molar-refractivity contribution in [2.24, 2.45) is 29.6 Å². The summed E-state index contributed by atoms with van der Waals surface area (Å²) in [6.45, 7) is 17.3. The number of rotatable bonds is 9. The molecule has 50 heavy (non-hydrogen) atoms. The first-order chi connectivity index (χ1) is 23.4. The Morgan fingerprint density at radius 2 is 1.74 bits per heavy atom. The fourth-order valence-electron chi connectivity index (χ4n) is 7.82. The molecule has 2 bridgehead atoms. The van der Waals surface area contributed by atoms with E-state index < -0.39 is 60.6 Å². The van der Waals surface area contributed by atoms with Gasteiger partial charge in [0, 0.05) is 25.2 Å². The molecule has 0 spiro atoms. The highest BCUT2D eigenvalue weighted by molar-refractivity contribution is 5.80. The van der Waals surface area contributed by atoms with Gasteiger partial charge in [-0.25, -0.2) is 0 Å². The predicted molar refractivity (Wildman–Crippen MR) is 192 cm³/mol. The Kier molecular flexibility index (Phi) is 16.4. The number of carbonyl (C=O) groups is 2. The van der Waals surface area contributed by atoms with Gasteiger partial charge in [-0.05, 0) is 87.7 Å². The number of hydrogen-bond acceptors (Lipinski definition) is 10. The molecule has 4 N–H and O–H groups in total. The molecule has 10 heteroatoms. The van der Waals surface area contributed by atoms with Gasteiger partial charge in [0.25, 0.3) is 0 Å². The average Bonchev–Trinajstić information content (AvgIpc) is 3.05. The van der Waals surface area contributed by atoms with Crippen molar-refractivity contribution in [3.63, 3.8) is 0 Å². The quantitative estimate of drug-likeness (QED) is 0.167. The van der Waals surface area contributed by atoms with E-state index in [0.717, 1.165) is 24.0 Å². The fourth-order valence-corrected chi connectivity index (χ4v) is 7.82. The molecule has 0 aromatic rings. The van der Waals surface area contributed by atoms with Crippen molar-refractivity contribution in [2.45, 2.75) is 175 Å². The van der Waals surface area contributed by atoms with Gasteiger partial charge in [-0.2, -0.15) is 0 Å². The van der Waals surface area contributed by atoms with E-state index in [-0.39, 0.29) is 54.8 Å². The van der Waals surface area contributed by atoms with Gasteiger partial charge < -0.3 is 39.4 Å². The minimum absolute atomic E-state index is 0.0163. The maximum atomic E-state index is 13.6. The van der Waals surface area contributed by atoms with Crippen molar-refractivity contribution in [3.8, 4) is 0 Å². The molecule has 0 amide bonds. The normalized spacial score (nSPS) is 39.3. The molecule has 3 aliphatic heterocycles. The maximum Gasteiger partial charge on any atom is 0.311 e. The molecule has 3 heterocycles. The van der Waals surface area contributed by atoms with E-state index >= 15 is 0 Å². The summed E-state index contributed by atoms with van der Waals surface area (Å²) in [5, 5.41) is 43.0. The standard InChI is InChI=1S/C40H66O10/c1-10-32(41)29(8)36(44)26(5)20-28(7)38-27(6)19-23(2)15-16-31(48-35-21-33(42)37(45)30(9)47-35)14-12-11-13-24(3)39-25(4)17-18-40(46,50-39)22-34(43)49-38/h13,15-17,23,26-31,33,35-39,42,44-46H,10-12,14,18-22H2,1-9H3/b16-15+,24-13+/t23-,26+,27+,28+,29+,30+,31+,33+,35-,36-,37+,38-,39+,40+/m0/s1. The van der Waals surface area contributed by atoms with Crippen molar-refractivity contribution in [3.05, 3.63) is 35.5 Å². The molecule has 0 aliphatic carbocycles. The Balaban J connectivity index is 1.88. The number of fused-ring (bicyclic) bond motifs is 2. The van der Waals surface area contributed by atoms with E-state index in [2.05, 4.69) is 32.1 Å². The van der Waals surface area contributed by atoms with Crippen LogP contribution in [0.15, 0.2) is 35.5 Å². The van der Waals surface area contributed by atoms with Crippen LogP contribution in [0.1, 0.15) is 120 Å². The Morgan fingerprint density at radius 1 is 1.06 bits per heavy atom. The summed E-state index contributed by atoms with van der Waals surface area (Å²) < 4.78 is 24.7. The number of esters is 1. The van der Waals surface area contributed by atoms with Crippen molar-refractivity contribution in [2.75, 3.05) is 0 Å². The molecule has 10 nitrogen and oxygen atoms in total. The zero-order chi connectivity index (χ0) is 37.3. The second-order valence-corrected chi connectivity index (χ2v) is 15.7. The summed E-state index contributed by atoms with van der Waals surface area (Å²) in [6, 6.07) is 0. The lowest BCUT2D eigenvalue weighted by Crippen LogP contribution is -2.48. The third kappa shape index (κ3) is 12.1. The van der Waals surface area contributed by atoms with Gasteiger partial charge >= 0.3 is 5.97 Å². The van der Waals surface area contributed by atoms with Crippen molar-refractivity contribution < 1.29 is 49.0 Å². The van der Waals surface area contributed by atoms with Crippen molar-refractivity contribution >= 4 is 11.8 Å². The van der Waals surface area contributed by atoms with E-state index in [1.54, 1.807) is 20.8 Å². The highest BCUT2D eigenvalue weighted by Gasteiger charge is 2.40. The van der Waals surface area contributed by atoms with Crippen LogP contribution in [0.5, 0.6) is 0 Å². The van der Waals surface area contributed by atoms with E-state index in [9.17, 15) is 30.0 Å². The molecule has 1 saturated heterocycles. The topological polar surface area (TPSA) is 152 Å². The largest absolute Gasteiger partial charge is 0.462 e. The van der Waals surface area contributed by atoms with Crippen LogP contribution in [-0.4, -0.2) is 87.0 Å². The molecular formula is C40H66O10. The monoisotopic (exact) mass is 706 g/mol.